The molecule has 2 aromatic heterocycles. The second-order valence-electron chi connectivity index (χ2n) is 18.7. The fraction of sp³-hybridized carbons (Fsp3) is 0.172. The first kappa shape index (κ1) is 34.3. The number of para-hydroxylation sites is 4. The van der Waals surface area contributed by atoms with Gasteiger partial charge in [0.15, 0.2) is 0 Å². The van der Waals surface area contributed by atoms with E-state index >= 15 is 0 Å². The molecule has 4 aliphatic rings. The molecule has 61 heavy (non-hydrogen) atoms. The van der Waals surface area contributed by atoms with E-state index < -0.39 is 0 Å². The van der Waals surface area contributed by atoms with E-state index in [1.54, 1.807) is 5.56 Å². The molecule has 0 aliphatic heterocycles. The molecule has 292 valence electrons. The van der Waals surface area contributed by atoms with Gasteiger partial charge in [-0.05, 0) is 144 Å². The van der Waals surface area contributed by atoms with Crippen LogP contribution < -0.4 is 4.90 Å². The lowest BCUT2D eigenvalue weighted by molar-refractivity contribution is -0.175. The molecule has 8 aromatic carbocycles. The number of aromatic nitrogens is 1. The Morgan fingerprint density at radius 3 is 1.77 bits per heavy atom. The maximum Gasteiger partial charge on any atom is 0.0541 e. The number of rotatable bonds is 7. The van der Waals surface area contributed by atoms with Crippen LogP contribution in [0.2, 0.25) is 0 Å². The van der Waals surface area contributed by atoms with Crippen LogP contribution in [0.1, 0.15) is 37.7 Å². The van der Waals surface area contributed by atoms with Crippen LogP contribution in [-0.4, -0.2) is 4.57 Å². The van der Waals surface area contributed by atoms with Crippen molar-refractivity contribution in [3.63, 3.8) is 0 Å². The average molecular weight is 801 g/mol. The minimum absolute atomic E-state index is 0.288. The van der Waals surface area contributed by atoms with E-state index in [1.807, 2.05) is 11.3 Å². The van der Waals surface area contributed by atoms with Crippen LogP contribution in [-0.2, 0) is 5.41 Å². The number of anilines is 3. The summed E-state index contributed by atoms with van der Waals surface area (Å²) in [5.74, 6) is 2.88. The Labute approximate surface area is 360 Å². The average Bonchev–Trinajstić information content (AvgIpc) is 4.04. The zero-order chi connectivity index (χ0) is 39.9. The molecule has 3 heteroatoms. The molecule has 0 N–H and O–H groups in total. The number of hydrogen-bond acceptors (Lipinski definition) is 2. The highest BCUT2D eigenvalue weighted by atomic mass is 32.1. The number of nitrogens with zero attached hydrogens (tertiary/aromatic N) is 2. The van der Waals surface area contributed by atoms with Crippen molar-refractivity contribution in [3.05, 3.63) is 194 Å². The number of fused-ring (bicyclic) bond motifs is 7. The summed E-state index contributed by atoms with van der Waals surface area (Å²) in [5.41, 5.74) is 14.9. The van der Waals surface area contributed by atoms with Gasteiger partial charge in [0, 0.05) is 53.6 Å². The first-order chi connectivity index (χ1) is 30.1. The fourth-order valence-corrected chi connectivity index (χ4v) is 14.6. The van der Waals surface area contributed by atoms with E-state index in [-0.39, 0.29) is 5.41 Å². The number of hydrogen-bond donors (Lipinski definition) is 0. The minimum atomic E-state index is 0.288. The van der Waals surface area contributed by atoms with Crippen LogP contribution in [0.15, 0.2) is 188 Å². The van der Waals surface area contributed by atoms with Gasteiger partial charge in [0.1, 0.15) is 0 Å². The van der Waals surface area contributed by atoms with Gasteiger partial charge in [-0.2, -0.15) is 0 Å². The summed E-state index contributed by atoms with van der Waals surface area (Å²) in [7, 11) is 0. The molecular weight excluding hydrogens is 757 g/mol. The molecule has 2 bridgehead atoms. The highest BCUT2D eigenvalue weighted by Gasteiger charge is 2.77. The lowest BCUT2D eigenvalue weighted by Gasteiger charge is -2.66. The van der Waals surface area contributed by atoms with Crippen molar-refractivity contribution in [3.8, 4) is 27.9 Å². The van der Waals surface area contributed by atoms with Gasteiger partial charge in [-0.1, -0.05) is 127 Å². The van der Waals surface area contributed by atoms with Gasteiger partial charge in [0.2, 0.25) is 0 Å². The van der Waals surface area contributed by atoms with Gasteiger partial charge in [-0.15, -0.1) is 11.3 Å². The van der Waals surface area contributed by atoms with E-state index in [2.05, 4.69) is 198 Å². The van der Waals surface area contributed by atoms with Gasteiger partial charge in [-0.3, -0.25) is 0 Å². The van der Waals surface area contributed by atoms with Crippen LogP contribution in [0.5, 0.6) is 0 Å². The minimum Gasteiger partial charge on any atom is -0.310 e. The monoisotopic (exact) mass is 800 g/mol. The quantitative estimate of drug-likeness (QED) is 0.156. The van der Waals surface area contributed by atoms with Crippen molar-refractivity contribution in [2.75, 3.05) is 4.90 Å². The molecule has 2 heterocycles. The molecule has 1 spiro atoms. The van der Waals surface area contributed by atoms with Crippen molar-refractivity contribution >= 4 is 70.4 Å². The molecule has 4 saturated carbocycles. The van der Waals surface area contributed by atoms with E-state index in [1.165, 1.54) is 119 Å². The van der Waals surface area contributed by atoms with E-state index in [0.29, 0.717) is 5.41 Å². The van der Waals surface area contributed by atoms with E-state index in [0.717, 1.165) is 17.8 Å². The predicted octanol–water partition coefficient (Wildman–Crippen LogP) is 16.0. The summed E-state index contributed by atoms with van der Waals surface area (Å²) >= 11 is 1.90. The Morgan fingerprint density at radius 2 is 1.05 bits per heavy atom. The molecule has 14 rings (SSSR count). The molecule has 0 unspecified atom stereocenters. The van der Waals surface area contributed by atoms with Gasteiger partial charge in [0.05, 0.1) is 16.7 Å². The Balaban J connectivity index is 0.852. The highest BCUT2D eigenvalue weighted by molar-refractivity contribution is 7.25. The van der Waals surface area contributed by atoms with Crippen molar-refractivity contribution in [2.45, 2.75) is 37.5 Å². The first-order valence-electron chi connectivity index (χ1n) is 22.2. The third-order valence-electron chi connectivity index (χ3n) is 16.1. The maximum atomic E-state index is 2.59. The number of thiophene rings is 1. The van der Waals surface area contributed by atoms with Gasteiger partial charge < -0.3 is 9.47 Å². The fourth-order valence-electron chi connectivity index (χ4n) is 13.5. The molecular formula is C58H44N2S. The van der Waals surface area contributed by atoms with Crippen LogP contribution in [0.3, 0.4) is 0 Å². The van der Waals surface area contributed by atoms with Crippen molar-refractivity contribution < 1.29 is 0 Å². The number of benzene rings is 8. The second-order valence-corrected chi connectivity index (χ2v) is 19.8. The Kier molecular flexibility index (Phi) is 7.07. The summed E-state index contributed by atoms with van der Waals surface area (Å²) in [4.78, 5) is 2.59. The molecule has 0 amide bonds. The first-order valence-corrected chi connectivity index (χ1v) is 23.1. The van der Waals surface area contributed by atoms with Crippen molar-refractivity contribution in [2.24, 2.45) is 23.2 Å². The van der Waals surface area contributed by atoms with Gasteiger partial charge >= 0.3 is 0 Å². The summed E-state index contributed by atoms with van der Waals surface area (Å²) in [6.07, 6.45) is 7.09. The normalized spacial score (nSPS) is 23.4. The van der Waals surface area contributed by atoms with Gasteiger partial charge in [0.25, 0.3) is 0 Å². The second kappa shape index (κ2) is 12.6. The van der Waals surface area contributed by atoms with Crippen molar-refractivity contribution in [1.29, 1.82) is 0 Å². The van der Waals surface area contributed by atoms with E-state index in [4.69, 9.17) is 0 Å². The molecule has 4 fully saturated rings. The smallest absolute Gasteiger partial charge is 0.0541 e. The third kappa shape index (κ3) is 4.73. The topological polar surface area (TPSA) is 8.17 Å². The SMILES string of the molecule is c1ccc(-n2c3ccccc3c3ccccc32)c(-c2ccc(-c3ccc(N(c4ccc5sc6ccccc6c5c4)c4ccccc4C45C[C@@H]6CC7C[C@@H](C4)C76C5)cc3)cc2)c1. The molecule has 4 aliphatic carbocycles. The van der Waals surface area contributed by atoms with Crippen molar-refractivity contribution in [1.82, 2.24) is 4.57 Å². The Bertz CT molecular complexity index is 3320. The summed E-state index contributed by atoms with van der Waals surface area (Å²) in [6.45, 7) is 0. The van der Waals surface area contributed by atoms with Crippen LogP contribution in [0, 0.1) is 23.2 Å². The van der Waals surface area contributed by atoms with Gasteiger partial charge in [-0.25, -0.2) is 0 Å². The molecule has 0 saturated heterocycles. The van der Waals surface area contributed by atoms with Crippen LogP contribution >= 0.6 is 11.3 Å². The Morgan fingerprint density at radius 1 is 0.475 bits per heavy atom. The zero-order valence-corrected chi connectivity index (χ0v) is 34.8. The predicted molar refractivity (Wildman–Crippen MR) is 257 cm³/mol. The summed E-state index contributed by atoms with van der Waals surface area (Å²) in [6, 6.07) is 70.5. The molecule has 2 atom stereocenters. The highest BCUT2D eigenvalue weighted by Crippen LogP contribution is 2.84. The van der Waals surface area contributed by atoms with Crippen LogP contribution in [0.25, 0.3) is 69.9 Å². The largest absolute Gasteiger partial charge is 0.310 e. The standard InChI is InChI=1S/C58H44N2S/c1-6-16-51(60-52-17-7-2-12-46(52)47-13-3-8-18-53(47)60)45(11-1)39-23-21-37(22-24-39)38-25-27-43(28-26-38)59(44-29-30-56-49(33-44)48-14-4-10-20-55(48)61-56)54-19-9-5-15-50(54)57-34-41-31-40-32-42(35-57)58(40,41)36-57/h1-30,33,40-42H,31-32,34-36H2/t40?,41-,42-,57?,58?/m0/s1. The molecule has 2 nitrogen and oxygen atoms in total. The zero-order valence-electron chi connectivity index (χ0n) is 34.0. The van der Waals surface area contributed by atoms with Crippen LogP contribution in [0.4, 0.5) is 17.1 Å². The lowest BCUT2D eigenvalue weighted by Crippen LogP contribution is -2.59. The third-order valence-corrected chi connectivity index (χ3v) is 17.2. The lowest BCUT2D eigenvalue weighted by atomic mass is 9.38. The molecule has 10 aromatic rings. The Hall–Kier alpha value is -6.42. The summed E-state index contributed by atoms with van der Waals surface area (Å²) < 4.78 is 5.12. The maximum absolute atomic E-state index is 2.59. The molecule has 0 radical (unpaired) electrons. The van der Waals surface area contributed by atoms with E-state index in [9.17, 15) is 0 Å². The summed E-state index contributed by atoms with van der Waals surface area (Å²) in [5, 5.41) is 5.25.